The Balaban J connectivity index is 1.51. The minimum atomic E-state index is 0.693. The standard InChI is InChI=1S/C15H29N3/c1-4-16-7-9-17(10-8-16)12-15-5-6-18(13(2)3)14(15)11-15/h13-14H,4-12H2,1-3H3. The molecule has 0 aromatic heterocycles. The van der Waals surface area contributed by atoms with E-state index in [9.17, 15) is 0 Å². The maximum atomic E-state index is 2.74. The highest BCUT2D eigenvalue weighted by molar-refractivity contribution is 5.15. The monoisotopic (exact) mass is 251 g/mol. The number of piperazine rings is 1. The van der Waals surface area contributed by atoms with Crippen molar-refractivity contribution in [2.24, 2.45) is 5.41 Å². The molecule has 2 aliphatic heterocycles. The summed E-state index contributed by atoms with van der Waals surface area (Å²) in [6.07, 6.45) is 2.92. The maximum absolute atomic E-state index is 2.74. The van der Waals surface area contributed by atoms with E-state index in [-0.39, 0.29) is 0 Å². The summed E-state index contributed by atoms with van der Waals surface area (Å²) in [5.74, 6) is 0. The third-order valence-electron chi connectivity index (χ3n) is 5.53. The van der Waals surface area contributed by atoms with E-state index < -0.39 is 0 Å². The molecular formula is C15H29N3. The van der Waals surface area contributed by atoms with Gasteiger partial charge < -0.3 is 9.80 Å². The summed E-state index contributed by atoms with van der Waals surface area (Å²) in [6.45, 7) is 16.1. The van der Waals surface area contributed by atoms with Crippen molar-refractivity contribution in [3.8, 4) is 0 Å². The van der Waals surface area contributed by atoms with E-state index in [1.807, 2.05) is 0 Å². The van der Waals surface area contributed by atoms with Crippen LogP contribution >= 0.6 is 0 Å². The molecule has 1 saturated carbocycles. The van der Waals surface area contributed by atoms with Crippen LogP contribution in [0.15, 0.2) is 0 Å². The first-order valence-corrected chi connectivity index (χ1v) is 7.85. The van der Waals surface area contributed by atoms with Crippen molar-refractivity contribution >= 4 is 0 Å². The third-order valence-corrected chi connectivity index (χ3v) is 5.53. The smallest absolute Gasteiger partial charge is 0.0174 e. The molecule has 104 valence electrons. The quantitative estimate of drug-likeness (QED) is 0.750. The Morgan fingerprint density at radius 1 is 1.06 bits per heavy atom. The molecule has 3 aliphatic rings. The van der Waals surface area contributed by atoms with E-state index >= 15 is 0 Å². The fraction of sp³-hybridized carbons (Fsp3) is 1.00. The van der Waals surface area contributed by atoms with E-state index in [1.54, 1.807) is 0 Å². The molecule has 1 aliphatic carbocycles. The van der Waals surface area contributed by atoms with Crippen molar-refractivity contribution < 1.29 is 0 Å². The number of hydrogen-bond acceptors (Lipinski definition) is 3. The Labute approximate surface area is 112 Å². The minimum Gasteiger partial charge on any atom is -0.301 e. The summed E-state index contributed by atoms with van der Waals surface area (Å²) in [5, 5.41) is 0. The molecule has 3 nitrogen and oxygen atoms in total. The zero-order valence-electron chi connectivity index (χ0n) is 12.4. The normalized spacial score (nSPS) is 38.3. The van der Waals surface area contributed by atoms with Gasteiger partial charge in [0.05, 0.1) is 0 Å². The number of nitrogens with zero attached hydrogens (tertiary/aromatic N) is 3. The molecule has 2 unspecified atom stereocenters. The molecule has 0 aromatic carbocycles. The van der Waals surface area contributed by atoms with Crippen LogP contribution in [0.4, 0.5) is 0 Å². The van der Waals surface area contributed by atoms with Crippen LogP contribution in [0.25, 0.3) is 0 Å². The van der Waals surface area contributed by atoms with E-state index in [1.165, 1.54) is 58.7 Å². The van der Waals surface area contributed by atoms with Crippen LogP contribution in [-0.2, 0) is 0 Å². The van der Waals surface area contributed by atoms with Crippen molar-refractivity contribution in [3.05, 3.63) is 0 Å². The molecule has 0 amide bonds. The minimum absolute atomic E-state index is 0.693. The summed E-state index contributed by atoms with van der Waals surface area (Å²) in [7, 11) is 0. The van der Waals surface area contributed by atoms with Gasteiger partial charge in [0.15, 0.2) is 0 Å². The van der Waals surface area contributed by atoms with Crippen molar-refractivity contribution in [3.63, 3.8) is 0 Å². The van der Waals surface area contributed by atoms with Crippen LogP contribution in [-0.4, -0.2) is 72.6 Å². The van der Waals surface area contributed by atoms with Gasteiger partial charge in [0.2, 0.25) is 0 Å². The second kappa shape index (κ2) is 4.77. The van der Waals surface area contributed by atoms with Crippen LogP contribution in [0.1, 0.15) is 33.6 Å². The van der Waals surface area contributed by atoms with Gasteiger partial charge in [-0.05, 0) is 39.8 Å². The molecule has 0 N–H and O–H groups in total. The summed E-state index contributed by atoms with van der Waals surface area (Å²) in [5.41, 5.74) is 0.693. The molecule has 2 atom stereocenters. The fourth-order valence-corrected chi connectivity index (χ4v) is 4.15. The van der Waals surface area contributed by atoms with Crippen molar-refractivity contribution in [1.29, 1.82) is 0 Å². The molecular weight excluding hydrogens is 222 g/mol. The van der Waals surface area contributed by atoms with Gasteiger partial charge in [-0.2, -0.15) is 0 Å². The Morgan fingerprint density at radius 2 is 1.72 bits per heavy atom. The van der Waals surface area contributed by atoms with Crippen molar-refractivity contribution in [1.82, 2.24) is 14.7 Å². The van der Waals surface area contributed by atoms with Crippen LogP contribution in [0.3, 0.4) is 0 Å². The second-order valence-corrected chi connectivity index (χ2v) is 6.87. The number of hydrogen-bond donors (Lipinski definition) is 0. The van der Waals surface area contributed by atoms with Gasteiger partial charge in [0.1, 0.15) is 0 Å². The number of likely N-dealkylation sites (N-methyl/N-ethyl adjacent to an activating group) is 1. The van der Waals surface area contributed by atoms with Gasteiger partial charge in [-0.25, -0.2) is 0 Å². The lowest BCUT2D eigenvalue weighted by Crippen LogP contribution is -2.48. The molecule has 0 aromatic rings. The highest BCUT2D eigenvalue weighted by atomic mass is 15.3. The van der Waals surface area contributed by atoms with Gasteiger partial charge in [-0.3, -0.25) is 4.90 Å². The zero-order valence-corrected chi connectivity index (χ0v) is 12.4. The first-order valence-electron chi connectivity index (χ1n) is 7.85. The SMILES string of the molecule is CCN1CCN(CC23CCN(C(C)C)C2C3)CC1. The third kappa shape index (κ3) is 2.21. The van der Waals surface area contributed by atoms with Gasteiger partial charge >= 0.3 is 0 Å². The molecule has 3 rings (SSSR count). The molecule has 0 radical (unpaired) electrons. The number of fused-ring (bicyclic) bond motifs is 1. The van der Waals surface area contributed by atoms with Crippen LogP contribution in [0.5, 0.6) is 0 Å². The van der Waals surface area contributed by atoms with E-state index in [0.29, 0.717) is 5.41 Å². The predicted molar refractivity (Wildman–Crippen MR) is 75.9 cm³/mol. The zero-order chi connectivity index (χ0) is 12.8. The van der Waals surface area contributed by atoms with Crippen molar-refractivity contribution in [2.75, 3.05) is 45.8 Å². The summed E-state index contributed by atoms with van der Waals surface area (Å²) in [6, 6.07) is 1.66. The number of rotatable bonds is 4. The number of likely N-dealkylation sites (tertiary alicyclic amines) is 1. The lowest BCUT2D eigenvalue weighted by Gasteiger charge is -2.35. The Hall–Kier alpha value is -0.120. The van der Waals surface area contributed by atoms with E-state index in [2.05, 4.69) is 35.5 Å². The van der Waals surface area contributed by atoms with E-state index in [4.69, 9.17) is 0 Å². The Morgan fingerprint density at radius 3 is 2.22 bits per heavy atom. The molecule has 2 saturated heterocycles. The molecule has 18 heavy (non-hydrogen) atoms. The first-order chi connectivity index (χ1) is 8.64. The lowest BCUT2D eigenvalue weighted by atomic mass is 10.0. The highest BCUT2D eigenvalue weighted by Gasteiger charge is 2.61. The van der Waals surface area contributed by atoms with Gasteiger partial charge in [0.25, 0.3) is 0 Å². The molecule has 0 spiro atoms. The molecule has 3 fully saturated rings. The number of piperidine rings is 1. The maximum Gasteiger partial charge on any atom is 0.0174 e. The topological polar surface area (TPSA) is 9.72 Å². The van der Waals surface area contributed by atoms with Crippen LogP contribution < -0.4 is 0 Å². The predicted octanol–water partition coefficient (Wildman–Crippen LogP) is 1.50. The van der Waals surface area contributed by atoms with Gasteiger partial charge in [-0.1, -0.05) is 6.92 Å². The summed E-state index contributed by atoms with van der Waals surface area (Å²) < 4.78 is 0. The molecule has 2 heterocycles. The van der Waals surface area contributed by atoms with E-state index in [0.717, 1.165) is 12.1 Å². The molecule has 3 heteroatoms. The average molecular weight is 251 g/mol. The van der Waals surface area contributed by atoms with Gasteiger partial charge in [-0.15, -0.1) is 0 Å². The lowest BCUT2D eigenvalue weighted by molar-refractivity contribution is 0.116. The molecule has 0 bridgehead atoms. The largest absolute Gasteiger partial charge is 0.301 e. The second-order valence-electron chi connectivity index (χ2n) is 6.87. The van der Waals surface area contributed by atoms with Gasteiger partial charge in [0, 0.05) is 50.2 Å². The summed E-state index contributed by atoms with van der Waals surface area (Å²) in [4.78, 5) is 8.05. The fourth-order valence-electron chi connectivity index (χ4n) is 4.15. The average Bonchev–Trinajstić information content (AvgIpc) is 2.94. The Bertz CT molecular complexity index is 296. The summed E-state index contributed by atoms with van der Waals surface area (Å²) >= 11 is 0. The first kappa shape index (κ1) is 12.9. The Kier molecular flexibility index (Phi) is 3.41. The van der Waals surface area contributed by atoms with Crippen LogP contribution in [0.2, 0.25) is 0 Å². The highest BCUT2D eigenvalue weighted by Crippen LogP contribution is 2.58. The van der Waals surface area contributed by atoms with Crippen molar-refractivity contribution in [2.45, 2.75) is 45.7 Å². The van der Waals surface area contributed by atoms with Crippen LogP contribution in [0, 0.1) is 5.41 Å².